The molecule has 0 saturated carbocycles. The Kier molecular flexibility index (Phi) is 6.50. The van der Waals surface area contributed by atoms with E-state index in [0.717, 1.165) is 33.4 Å². The van der Waals surface area contributed by atoms with Gasteiger partial charge in [0, 0.05) is 39.3 Å². The Bertz CT molecular complexity index is 3190. The van der Waals surface area contributed by atoms with E-state index >= 15 is 0 Å². The highest BCUT2D eigenvalue weighted by atomic mass is 16.3. The average molecular weight is 758 g/mol. The largest absolute Gasteiger partial charge is 0.507 e. The summed E-state index contributed by atoms with van der Waals surface area (Å²) in [5.41, 5.74) is 7.24. The maximum Gasteiger partial charge on any atom is 0.149 e. The second kappa shape index (κ2) is 14.4. The van der Waals surface area contributed by atoms with Crippen LogP contribution in [0.5, 0.6) is 5.75 Å². The third-order valence-corrected chi connectivity index (χ3v) is 10.5. The van der Waals surface area contributed by atoms with Crippen LogP contribution in [0.15, 0.2) is 140 Å². The van der Waals surface area contributed by atoms with Gasteiger partial charge in [-0.25, -0.2) is 4.98 Å². The van der Waals surface area contributed by atoms with Gasteiger partial charge in [0.1, 0.15) is 11.6 Å². The number of rotatable bonds is 6. The molecule has 0 unspecified atom stereocenters. The molecule has 57 heavy (non-hydrogen) atoms. The molecule has 6 aromatic carbocycles. The number of imidazole rings is 1. The zero-order valence-electron chi connectivity index (χ0n) is 44.6. The number of aromatic nitrogens is 3. The van der Waals surface area contributed by atoms with Gasteiger partial charge in [0.15, 0.2) is 0 Å². The first kappa shape index (κ1) is 25.8. The van der Waals surface area contributed by atoms with E-state index in [0.29, 0.717) is 56.1 Å². The quantitative estimate of drug-likeness (QED) is 0.184. The van der Waals surface area contributed by atoms with Gasteiger partial charge in [-0.15, -0.1) is 0 Å². The molecule has 0 aliphatic carbocycles. The van der Waals surface area contributed by atoms with Gasteiger partial charge >= 0.3 is 0 Å². The fourth-order valence-corrected chi connectivity index (χ4v) is 7.51. The van der Waals surface area contributed by atoms with E-state index < -0.39 is 32.8 Å². The van der Waals surface area contributed by atoms with Crippen LogP contribution in [0.2, 0.25) is 0 Å². The highest BCUT2D eigenvalue weighted by Gasteiger charge is 2.24. The maximum atomic E-state index is 11.7. The lowest BCUT2D eigenvalue weighted by atomic mass is 9.83. The van der Waals surface area contributed by atoms with Crippen LogP contribution < -0.4 is 0 Å². The van der Waals surface area contributed by atoms with E-state index in [4.69, 9.17) is 26.4 Å². The molecule has 1 N–H and O–H groups in total. The zero-order chi connectivity index (χ0) is 50.2. The molecule has 0 aliphatic rings. The molecule has 0 radical (unpaired) electrons. The summed E-state index contributed by atoms with van der Waals surface area (Å²) in [5.74, 6) is 0.532. The van der Waals surface area contributed by atoms with Crippen molar-refractivity contribution in [2.75, 3.05) is 0 Å². The molecule has 4 nitrogen and oxygen atoms in total. The summed E-state index contributed by atoms with van der Waals surface area (Å²) in [6.45, 7) is -2.37. The van der Waals surface area contributed by atoms with Crippen LogP contribution in [0, 0.1) is 20.7 Å². The molecule has 0 amide bonds. The molecule has 4 heteroatoms. The van der Waals surface area contributed by atoms with Crippen LogP contribution in [-0.4, -0.2) is 19.6 Å². The minimum Gasteiger partial charge on any atom is -0.507 e. The van der Waals surface area contributed by atoms with Crippen LogP contribution in [-0.2, 0) is 10.8 Å². The molecule has 2 heterocycles. The lowest BCUT2D eigenvalue weighted by Crippen LogP contribution is -2.11. The van der Waals surface area contributed by atoms with Gasteiger partial charge in [-0.05, 0) is 125 Å². The number of fused-ring (bicyclic) bond motifs is 1. The van der Waals surface area contributed by atoms with Crippen molar-refractivity contribution < 1.29 is 21.6 Å². The number of hydrogen-bond donors (Lipinski definition) is 1. The predicted octanol–water partition coefficient (Wildman–Crippen LogP) is 14.0. The topological polar surface area (TPSA) is 50.9 Å². The second-order valence-corrected chi connectivity index (χ2v) is 15.8. The molecular weight excluding hydrogens is 695 g/mol. The van der Waals surface area contributed by atoms with E-state index in [-0.39, 0.29) is 22.3 Å². The van der Waals surface area contributed by atoms with Crippen molar-refractivity contribution in [3.63, 3.8) is 0 Å². The highest BCUT2D eigenvalue weighted by molar-refractivity contribution is 5.98. The van der Waals surface area contributed by atoms with Gasteiger partial charge in [-0.2, -0.15) is 0 Å². The summed E-state index contributed by atoms with van der Waals surface area (Å²) in [5, 5.41) is 11.7. The lowest BCUT2D eigenvalue weighted by molar-refractivity contribution is 0.472. The number of phenols is 1. The Morgan fingerprint density at radius 2 is 1.33 bits per heavy atom. The minimum atomic E-state index is -3.38. The molecule has 8 rings (SSSR count). The van der Waals surface area contributed by atoms with Crippen molar-refractivity contribution in [1.82, 2.24) is 14.5 Å². The Morgan fingerprint density at radius 3 is 2.07 bits per heavy atom. The maximum absolute atomic E-state index is 11.7. The van der Waals surface area contributed by atoms with Gasteiger partial charge < -0.3 is 5.11 Å². The van der Waals surface area contributed by atoms with Crippen LogP contribution in [0.25, 0.3) is 72.7 Å². The van der Waals surface area contributed by atoms with E-state index in [9.17, 15) is 5.11 Å². The lowest BCUT2D eigenvalue weighted by Gasteiger charge is -2.22. The van der Waals surface area contributed by atoms with Gasteiger partial charge in [0.05, 0.1) is 28.0 Å². The van der Waals surface area contributed by atoms with E-state index in [1.54, 1.807) is 30.5 Å². The molecule has 0 spiro atoms. The number of benzene rings is 6. The number of nitrogens with zero attached hydrogens (tertiary/aromatic N) is 3. The minimum absolute atomic E-state index is 0.0721. The van der Waals surface area contributed by atoms with E-state index in [2.05, 4.69) is 32.9 Å². The van der Waals surface area contributed by atoms with Crippen LogP contribution in [0.3, 0.4) is 0 Å². The summed E-state index contributed by atoms with van der Waals surface area (Å²) >= 11 is 0. The number of phenolic OH excluding ortho intramolecular Hbond substituents is 1. The summed E-state index contributed by atoms with van der Waals surface area (Å²) in [7, 11) is 0. The summed E-state index contributed by atoms with van der Waals surface area (Å²) in [6.07, 6.45) is 1.65. The Labute approximate surface area is 354 Å². The average Bonchev–Trinajstić information content (AvgIpc) is 3.65. The van der Waals surface area contributed by atoms with E-state index in [1.807, 2.05) is 91.2 Å². The van der Waals surface area contributed by atoms with Gasteiger partial charge in [-0.3, -0.25) is 9.55 Å². The van der Waals surface area contributed by atoms with Gasteiger partial charge in [0.2, 0.25) is 0 Å². The number of hydrogen-bond acceptors (Lipinski definition) is 3. The van der Waals surface area contributed by atoms with Crippen molar-refractivity contribution >= 4 is 11.0 Å². The number of aromatic hydroxyl groups is 1. The Balaban J connectivity index is 1.33. The molecular formula is C53H51N3O. The van der Waals surface area contributed by atoms with Crippen molar-refractivity contribution in [2.45, 2.75) is 72.9 Å². The zero-order valence-corrected chi connectivity index (χ0v) is 32.6. The molecule has 0 atom stereocenters. The fourth-order valence-electron chi connectivity index (χ4n) is 7.51. The number of pyridine rings is 1. The normalized spacial score (nSPS) is 16.0. The third-order valence-electron chi connectivity index (χ3n) is 10.5. The predicted molar refractivity (Wildman–Crippen MR) is 239 cm³/mol. The van der Waals surface area contributed by atoms with Crippen LogP contribution in [0.4, 0.5) is 0 Å². The first-order valence-corrected chi connectivity index (χ1v) is 18.9. The fraction of sp³-hybridized carbons (Fsp3) is 0.208. The molecule has 0 bridgehead atoms. The standard InChI is InChI=1S/C53H51N3O/c1-33-18-23-47(44(27-33)37-14-11-10-12-15-37)56-48-17-13-16-43(49(48)55-51(56)45-28-34(2)26-35(3)50(45)57)39-29-40(31-42(30-39)53(7,8)9)46-32-38(24-25-54-46)36-19-21-41(22-20-36)52(4,5)6/h10-32,57H,1-9H3/i1D3,4D3,5D3,6D3. The second-order valence-electron chi connectivity index (χ2n) is 15.8. The van der Waals surface area contributed by atoms with Gasteiger partial charge in [-0.1, -0.05) is 132 Å². The summed E-state index contributed by atoms with van der Waals surface area (Å²) in [6, 6.07) is 39.9. The first-order chi connectivity index (χ1) is 32.1. The van der Waals surface area contributed by atoms with E-state index in [1.165, 1.54) is 24.3 Å². The monoisotopic (exact) mass is 757 g/mol. The molecule has 0 fully saturated rings. The summed E-state index contributed by atoms with van der Waals surface area (Å²) < 4.78 is 100. The first-order valence-electron chi connectivity index (χ1n) is 24.9. The summed E-state index contributed by atoms with van der Waals surface area (Å²) in [4.78, 5) is 10.2. The number of aryl methyl sites for hydroxylation is 3. The third kappa shape index (κ3) is 7.29. The smallest absolute Gasteiger partial charge is 0.149 e. The van der Waals surface area contributed by atoms with Crippen LogP contribution >= 0.6 is 0 Å². The van der Waals surface area contributed by atoms with Crippen molar-refractivity contribution in [3.8, 4) is 67.5 Å². The van der Waals surface area contributed by atoms with Crippen molar-refractivity contribution in [1.29, 1.82) is 0 Å². The van der Waals surface area contributed by atoms with Gasteiger partial charge in [0.25, 0.3) is 0 Å². The van der Waals surface area contributed by atoms with Crippen molar-refractivity contribution in [2.24, 2.45) is 0 Å². The molecule has 284 valence electrons. The molecule has 2 aromatic heterocycles. The highest BCUT2D eigenvalue weighted by Crippen LogP contribution is 2.43. The molecule has 0 aliphatic heterocycles. The molecule has 0 saturated heterocycles. The van der Waals surface area contributed by atoms with Crippen LogP contribution in [0.1, 0.15) is 85.6 Å². The SMILES string of the molecule is [2H]C([2H])([2H])c1ccc(-n2c(-c3cc(C)cc(C)c3O)nc3c(-c4cc(-c5cc(-c6ccc(C(C([2H])([2H])[2H])(C([2H])([2H])[2H])C([2H])([2H])[2H])cc6)ccn5)cc(C(C)(C)C)c4)cccc32)c(-c2ccccc2)c1. The number of para-hydroxylation sites is 1. The molecule has 8 aromatic rings. The Hall–Kier alpha value is -6.26. The van der Waals surface area contributed by atoms with Crippen molar-refractivity contribution in [3.05, 3.63) is 167 Å². The Morgan fingerprint density at radius 1 is 0.579 bits per heavy atom.